The molecule has 0 amide bonds. The van der Waals surface area contributed by atoms with Crippen molar-refractivity contribution in [1.82, 2.24) is 0 Å². The first-order valence-corrected chi connectivity index (χ1v) is 14.2. The maximum absolute atomic E-state index is 13.3. The number of hydrogen-bond donors (Lipinski definition) is 0. The molecule has 10 unspecified atom stereocenters. The normalized spacial score (nSPS) is 39.4. The van der Waals surface area contributed by atoms with E-state index < -0.39 is 5.60 Å². The Bertz CT molecular complexity index is 882. The molecule has 0 aliphatic heterocycles. The highest BCUT2D eigenvalue weighted by Crippen LogP contribution is 2.66. The van der Waals surface area contributed by atoms with Crippen LogP contribution >= 0.6 is 0 Å². The largest absolute Gasteiger partial charge is 0.466 e. The number of hydrogen-bond acceptors (Lipinski definition) is 6. The molecule has 0 aromatic carbocycles. The zero-order chi connectivity index (χ0) is 26.4. The Labute approximate surface area is 216 Å². The molecule has 10 atom stereocenters. The van der Waals surface area contributed by atoms with E-state index in [2.05, 4.69) is 13.8 Å². The molecular formula is C30H46O6. The summed E-state index contributed by atoms with van der Waals surface area (Å²) in [4.78, 5) is 38.4. The van der Waals surface area contributed by atoms with Crippen LogP contribution in [0.2, 0.25) is 0 Å². The summed E-state index contributed by atoms with van der Waals surface area (Å²) in [5.41, 5.74) is -0.423. The van der Waals surface area contributed by atoms with Crippen LogP contribution in [-0.4, -0.2) is 36.4 Å². The molecule has 0 aromatic heterocycles. The van der Waals surface area contributed by atoms with Gasteiger partial charge in [0.15, 0.2) is 5.78 Å². The Kier molecular flexibility index (Phi) is 7.92. The Morgan fingerprint density at radius 1 is 0.806 bits per heavy atom. The van der Waals surface area contributed by atoms with Gasteiger partial charge < -0.3 is 14.2 Å². The number of ether oxygens (including phenoxy) is 3. The van der Waals surface area contributed by atoms with Crippen molar-refractivity contribution in [2.24, 2.45) is 59.2 Å². The van der Waals surface area contributed by atoms with E-state index in [1.807, 2.05) is 27.7 Å². The van der Waals surface area contributed by atoms with Crippen molar-refractivity contribution in [3.8, 4) is 0 Å². The van der Waals surface area contributed by atoms with E-state index in [0.717, 1.165) is 25.7 Å². The third-order valence-electron chi connectivity index (χ3n) is 9.77. The smallest absolute Gasteiger partial charge is 0.313 e. The first kappa shape index (κ1) is 27.2. The molecule has 36 heavy (non-hydrogen) atoms. The average molecular weight is 503 g/mol. The Balaban J connectivity index is 1.45. The quantitative estimate of drug-likeness (QED) is 0.168. The molecule has 4 fully saturated rings. The fourth-order valence-corrected chi connectivity index (χ4v) is 8.64. The SMILES string of the molecule is CCOC(=O)CC(=O)C1CC2CC1C(C1C3CC(C(=O)C=C(OCC)OC(C)(C)C)C(C3)C1C)C2C. The second kappa shape index (κ2) is 10.5. The van der Waals surface area contributed by atoms with Crippen LogP contribution in [0.5, 0.6) is 0 Å². The van der Waals surface area contributed by atoms with E-state index >= 15 is 0 Å². The lowest BCUT2D eigenvalue weighted by Gasteiger charge is -2.44. The second-order valence-corrected chi connectivity index (χ2v) is 12.8. The van der Waals surface area contributed by atoms with Gasteiger partial charge in [-0.25, -0.2) is 0 Å². The molecule has 6 nitrogen and oxygen atoms in total. The van der Waals surface area contributed by atoms with E-state index in [0.29, 0.717) is 66.5 Å². The highest BCUT2D eigenvalue weighted by atomic mass is 16.7. The van der Waals surface area contributed by atoms with Crippen LogP contribution in [0.1, 0.15) is 80.6 Å². The Morgan fingerprint density at radius 3 is 2.03 bits per heavy atom. The second-order valence-electron chi connectivity index (χ2n) is 12.8. The molecule has 4 aliphatic rings. The minimum atomic E-state index is -0.423. The number of carbonyl (C=O) groups excluding carboxylic acids is 3. The van der Waals surface area contributed by atoms with Gasteiger partial charge in [-0.2, -0.15) is 0 Å². The Morgan fingerprint density at radius 2 is 1.44 bits per heavy atom. The summed E-state index contributed by atoms with van der Waals surface area (Å²) >= 11 is 0. The van der Waals surface area contributed by atoms with Gasteiger partial charge in [-0.15, -0.1) is 0 Å². The maximum atomic E-state index is 13.3. The van der Waals surface area contributed by atoms with Crippen LogP contribution in [0.15, 0.2) is 12.0 Å². The molecule has 0 heterocycles. The molecule has 4 rings (SSSR count). The highest BCUT2D eigenvalue weighted by Gasteiger charge is 2.62. The summed E-state index contributed by atoms with van der Waals surface area (Å²) in [6, 6.07) is 0. The van der Waals surface area contributed by atoms with Gasteiger partial charge >= 0.3 is 5.97 Å². The van der Waals surface area contributed by atoms with Gasteiger partial charge in [0, 0.05) is 11.8 Å². The average Bonchev–Trinajstić information content (AvgIpc) is 3.52. The van der Waals surface area contributed by atoms with Crippen molar-refractivity contribution in [2.75, 3.05) is 13.2 Å². The van der Waals surface area contributed by atoms with Crippen molar-refractivity contribution in [3.05, 3.63) is 12.0 Å². The Hall–Kier alpha value is -1.85. The molecular weight excluding hydrogens is 456 g/mol. The maximum Gasteiger partial charge on any atom is 0.313 e. The third kappa shape index (κ3) is 5.24. The van der Waals surface area contributed by atoms with Crippen LogP contribution in [0.25, 0.3) is 0 Å². The van der Waals surface area contributed by atoms with Gasteiger partial charge in [-0.05, 0) is 108 Å². The molecule has 4 saturated carbocycles. The minimum Gasteiger partial charge on any atom is -0.466 e. The molecule has 202 valence electrons. The summed E-state index contributed by atoms with van der Waals surface area (Å²) in [5.74, 6) is 4.15. The third-order valence-corrected chi connectivity index (χ3v) is 9.77. The monoisotopic (exact) mass is 502 g/mol. The zero-order valence-electron chi connectivity index (χ0n) is 23.3. The van der Waals surface area contributed by atoms with Crippen molar-refractivity contribution in [3.63, 3.8) is 0 Å². The molecule has 0 radical (unpaired) electrons. The number of rotatable bonds is 10. The van der Waals surface area contributed by atoms with Gasteiger partial charge in [0.2, 0.25) is 0 Å². The van der Waals surface area contributed by atoms with Crippen LogP contribution in [0, 0.1) is 59.2 Å². The van der Waals surface area contributed by atoms with Crippen molar-refractivity contribution < 1.29 is 28.6 Å². The summed E-state index contributed by atoms with van der Waals surface area (Å²) in [5, 5.41) is 0. The van der Waals surface area contributed by atoms with Gasteiger partial charge in [-0.3, -0.25) is 14.4 Å². The molecule has 4 bridgehead atoms. The van der Waals surface area contributed by atoms with Crippen LogP contribution in [0.3, 0.4) is 0 Å². The van der Waals surface area contributed by atoms with Gasteiger partial charge in [0.05, 0.1) is 19.3 Å². The molecule has 0 spiro atoms. The predicted octanol–water partition coefficient (Wildman–Crippen LogP) is 5.59. The fourth-order valence-electron chi connectivity index (χ4n) is 8.64. The predicted molar refractivity (Wildman–Crippen MR) is 137 cm³/mol. The number of ketones is 2. The lowest BCUT2D eigenvalue weighted by Crippen LogP contribution is -2.42. The van der Waals surface area contributed by atoms with Gasteiger partial charge in [-0.1, -0.05) is 13.8 Å². The molecule has 0 saturated heterocycles. The molecule has 4 aliphatic carbocycles. The number of allylic oxidation sites excluding steroid dienone is 1. The van der Waals surface area contributed by atoms with Crippen LogP contribution < -0.4 is 0 Å². The van der Waals surface area contributed by atoms with E-state index in [9.17, 15) is 14.4 Å². The number of fused-ring (bicyclic) bond motifs is 4. The number of esters is 1. The molecule has 0 N–H and O–H groups in total. The lowest BCUT2D eigenvalue weighted by molar-refractivity contribution is -0.147. The minimum absolute atomic E-state index is 0.00408. The van der Waals surface area contributed by atoms with Crippen molar-refractivity contribution >= 4 is 17.5 Å². The lowest BCUT2D eigenvalue weighted by atomic mass is 9.60. The number of Topliss-reactive ketones (excluding diaryl/α,β-unsaturated/α-hetero) is 1. The highest BCUT2D eigenvalue weighted by molar-refractivity contribution is 5.97. The summed E-state index contributed by atoms with van der Waals surface area (Å²) in [6.45, 7) is 15.0. The molecule has 6 heteroatoms. The first-order valence-electron chi connectivity index (χ1n) is 14.2. The van der Waals surface area contributed by atoms with Crippen molar-refractivity contribution in [1.29, 1.82) is 0 Å². The fraction of sp³-hybridized carbons (Fsp3) is 0.833. The van der Waals surface area contributed by atoms with E-state index in [-0.39, 0.29) is 35.8 Å². The topological polar surface area (TPSA) is 78.9 Å². The zero-order valence-corrected chi connectivity index (χ0v) is 23.3. The standard InChI is InChI=1S/C30H46O6/c1-8-34-26(33)14-24(31)22-10-18-11-23(22)29(16(18)3)28-17(4)20-12-19(28)13-21(20)25(32)15-27(35-9-2)36-30(5,6)7/h15-23,28-29H,8-14H2,1-7H3. The van der Waals surface area contributed by atoms with Crippen molar-refractivity contribution in [2.45, 2.75) is 86.2 Å². The number of carbonyl (C=O) groups is 3. The molecule has 0 aromatic rings. The van der Waals surface area contributed by atoms with Gasteiger partial charge in [0.1, 0.15) is 17.8 Å². The first-order chi connectivity index (χ1) is 16.9. The summed E-state index contributed by atoms with van der Waals surface area (Å²) < 4.78 is 16.6. The van der Waals surface area contributed by atoms with Crippen LogP contribution in [0.4, 0.5) is 0 Å². The summed E-state index contributed by atoms with van der Waals surface area (Å²) in [6.07, 6.45) is 5.56. The van der Waals surface area contributed by atoms with Gasteiger partial charge in [0.25, 0.3) is 5.95 Å². The van der Waals surface area contributed by atoms with E-state index in [1.54, 1.807) is 13.0 Å². The summed E-state index contributed by atoms with van der Waals surface area (Å²) in [7, 11) is 0. The van der Waals surface area contributed by atoms with Crippen LogP contribution in [-0.2, 0) is 28.6 Å². The van der Waals surface area contributed by atoms with E-state index in [1.165, 1.54) is 0 Å². The van der Waals surface area contributed by atoms with E-state index in [4.69, 9.17) is 14.2 Å².